The number of thioether (sulfide) groups is 1. The molecule has 1 atom stereocenters. The van der Waals surface area contributed by atoms with Gasteiger partial charge in [0.15, 0.2) is 0 Å². The average molecular weight is 317 g/mol. The van der Waals surface area contributed by atoms with Crippen LogP contribution in [0.3, 0.4) is 0 Å². The third kappa shape index (κ3) is 4.48. The summed E-state index contributed by atoms with van der Waals surface area (Å²) in [7, 11) is -2.31. The molecule has 0 bridgehead atoms. The first-order valence-corrected chi connectivity index (χ1v) is 8.88. The number of hydrogen-bond donors (Lipinski definition) is 3. The zero-order chi connectivity index (χ0) is 15.2. The van der Waals surface area contributed by atoms with Crippen molar-refractivity contribution in [1.82, 2.24) is 4.72 Å². The standard InChI is InChI=1S/C12H19N3O3S2/c1-14-20(17,18)11-6-4-3-5-10(11)15-12(16)9(13)7-8-19-2/h3-6,9,14H,7-8,13H2,1-2H3,(H,15,16)/t9-/m0/s1. The number of nitrogens with two attached hydrogens (primary N) is 1. The van der Waals surface area contributed by atoms with E-state index in [1.54, 1.807) is 23.9 Å². The average Bonchev–Trinajstić information content (AvgIpc) is 2.45. The molecule has 8 heteroatoms. The Morgan fingerprint density at radius 1 is 1.40 bits per heavy atom. The van der Waals surface area contributed by atoms with Gasteiger partial charge in [-0.05, 0) is 37.6 Å². The van der Waals surface area contributed by atoms with Gasteiger partial charge in [-0.3, -0.25) is 4.79 Å². The van der Waals surface area contributed by atoms with Crippen molar-refractivity contribution in [1.29, 1.82) is 0 Å². The van der Waals surface area contributed by atoms with Gasteiger partial charge in [0.25, 0.3) is 0 Å². The van der Waals surface area contributed by atoms with Crippen LogP contribution in [0, 0.1) is 0 Å². The van der Waals surface area contributed by atoms with Gasteiger partial charge in [0.05, 0.1) is 11.7 Å². The van der Waals surface area contributed by atoms with E-state index in [2.05, 4.69) is 10.0 Å². The Bertz CT molecular complexity index is 561. The SMILES string of the molecule is CNS(=O)(=O)c1ccccc1NC(=O)[C@@H](N)CCSC. The summed E-state index contributed by atoms with van der Waals surface area (Å²) in [6, 6.07) is 5.54. The zero-order valence-corrected chi connectivity index (χ0v) is 13.1. The lowest BCUT2D eigenvalue weighted by Gasteiger charge is -2.14. The highest BCUT2D eigenvalue weighted by Crippen LogP contribution is 2.20. The number of anilines is 1. The van der Waals surface area contributed by atoms with E-state index >= 15 is 0 Å². The Labute approximate surface area is 123 Å². The van der Waals surface area contributed by atoms with E-state index < -0.39 is 22.0 Å². The summed E-state index contributed by atoms with van der Waals surface area (Å²) >= 11 is 1.60. The summed E-state index contributed by atoms with van der Waals surface area (Å²) in [6.45, 7) is 0. The molecule has 0 unspecified atom stereocenters. The van der Waals surface area contributed by atoms with Crippen LogP contribution in [0.15, 0.2) is 29.2 Å². The minimum absolute atomic E-state index is 0.0212. The lowest BCUT2D eigenvalue weighted by atomic mass is 10.2. The Kier molecular flexibility index (Phi) is 6.47. The maximum absolute atomic E-state index is 11.9. The summed E-state index contributed by atoms with van der Waals surface area (Å²) < 4.78 is 25.9. The van der Waals surface area contributed by atoms with Gasteiger partial charge in [0.2, 0.25) is 15.9 Å². The smallest absolute Gasteiger partial charge is 0.242 e. The number of amides is 1. The lowest BCUT2D eigenvalue weighted by Crippen LogP contribution is -2.36. The van der Waals surface area contributed by atoms with Gasteiger partial charge in [-0.25, -0.2) is 13.1 Å². The van der Waals surface area contributed by atoms with E-state index in [9.17, 15) is 13.2 Å². The maximum atomic E-state index is 11.9. The van der Waals surface area contributed by atoms with Crippen LogP contribution in [0.4, 0.5) is 5.69 Å². The van der Waals surface area contributed by atoms with Gasteiger partial charge < -0.3 is 11.1 Å². The molecule has 0 fully saturated rings. The number of carbonyl (C=O) groups excluding carboxylic acids is 1. The molecule has 1 aromatic carbocycles. The highest BCUT2D eigenvalue weighted by Gasteiger charge is 2.19. The largest absolute Gasteiger partial charge is 0.324 e. The molecule has 0 spiro atoms. The predicted octanol–water partition coefficient (Wildman–Crippen LogP) is 0.614. The van der Waals surface area contributed by atoms with Gasteiger partial charge in [-0.1, -0.05) is 12.1 Å². The molecule has 0 heterocycles. The fourth-order valence-corrected chi connectivity index (χ4v) is 2.89. The maximum Gasteiger partial charge on any atom is 0.242 e. The molecule has 112 valence electrons. The summed E-state index contributed by atoms with van der Waals surface area (Å²) in [4.78, 5) is 11.9. The van der Waals surface area contributed by atoms with Crippen molar-refractivity contribution in [2.24, 2.45) is 5.73 Å². The molecule has 0 saturated heterocycles. The van der Waals surface area contributed by atoms with E-state index in [4.69, 9.17) is 5.73 Å². The molecular formula is C12H19N3O3S2. The summed E-state index contributed by atoms with van der Waals surface area (Å²) in [6.07, 6.45) is 2.47. The van der Waals surface area contributed by atoms with Crippen LogP contribution >= 0.6 is 11.8 Å². The Morgan fingerprint density at radius 3 is 2.65 bits per heavy atom. The molecule has 0 aromatic heterocycles. The fourth-order valence-electron chi connectivity index (χ4n) is 1.52. The first kappa shape index (κ1) is 17.0. The van der Waals surface area contributed by atoms with Gasteiger partial charge >= 0.3 is 0 Å². The lowest BCUT2D eigenvalue weighted by molar-refractivity contribution is -0.117. The minimum atomic E-state index is -3.63. The molecular weight excluding hydrogens is 298 g/mol. The highest BCUT2D eigenvalue weighted by molar-refractivity contribution is 7.98. The number of benzene rings is 1. The molecule has 1 aromatic rings. The summed E-state index contributed by atoms with van der Waals surface area (Å²) in [5, 5.41) is 2.57. The second-order valence-electron chi connectivity index (χ2n) is 4.08. The molecule has 1 rings (SSSR count). The van der Waals surface area contributed by atoms with Crippen LogP contribution in [0.25, 0.3) is 0 Å². The van der Waals surface area contributed by atoms with Crippen molar-refractivity contribution in [2.75, 3.05) is 24.4 Å². The van der Waals surface area contributed by atoms with Gasteiger partial charge in [0, 0.05) is 0 Å². The quantitative estimate of drug-likeness (QED) is 0.684. The van der Waals surface area contributed by atoms with Crippen LogP contribution in [0.5, 0.6) is 0 Å². The molecule has 0 aliphatic carbocycles. The second kappa shape index (κ2) is 7.63. The molecule has 1 amide bonds. The topological polar surface area (TPSA) is 101 Å². The van der Waals surface area contributed by atoms with E-state index in [1.165, 1.54) is 19.2 Å². The number of rotatable bonds is 7. The fraction of sp³-hybridized carbons (Fsp3) is 0.417. The highest BCUT2D eigenvalue weighted by atomic mass is 32.2. The molecule has 4 N–H and O–H groups in total. The molecule has 0 saturated carbocycles. The number of hydrogen-bond acceptors (Lipinski definition) is 5. The normalized spacial score (nSPS) is 12.9. The molecule has 0 aliphatic rings. The van der Waals surface area contributed by atoms with Crippen molar-refractivity contribution >= 4 is 33.4 Å². The molecule has 0 radical (unpaired) electrons. The zero-order valence-electron chi connectivity index (χ0n) is 11.4. The predicted molar refractivity (Wildman–Crippen MR) is 82.3 cm³/mol. The summed E-state index contributed by atoms with van der Waals surface area (Å²) in [5.41, 5.74) is 5.98. The number of nitrogens with one attached hydrogen (secondary N) is 2. The number of para-hydroxylation sites is 1. The minimum Gasteiger partial charge on any atom is -0.324 e. The van der Waals surface area contributed by atoms with Crippen molar-refractivity contribution in [3.05, 3.63) is 24.3 Å². The van der Waals surface area contributed by atoms with E-state index in [1.807, 2.05) is 6.26 Å². The number of carbonyl (C=O) groups is 1. The first-order valence-electron chi connectivity index (χ1n) is 6.00. The third-order valence-corrected chi connectivity index (χ3v) is 4.79. The number of sulfonamides is 1. The Morgan fingerprint density at radius 2 is 2.05 bits per heavy atom. The van der Waals surface area contributed by atoms with E-state index in [0.717, 1.165) is 5.75 Å². The van der Waals surface area contributed by atoms with E-state index in [0.29, 0.717) is 6.42 Å². The monoisotopic (exact) mass is 317 g/mol. The van der Waals surface area contributed by atoms with Crippen molar-refractivity contribution in [2.45, 2.75) is 17.4 Å². The molecule has 6 nitrogen and oxygen atoms in total. The van der Waals surface area contributed by atoms with Gasteiger partial charge in [-0.15, -0.1) is 0 Å². The van der Waals surface area contributed by atoms with Gasteiger partial charge in [0.1, 0.15) is 4.90 Å². The second-order valence-corrected chi connectivity index (χ2v) is 6.92. The van der Waals surface area contributed by atoms with Crippen molar-refractivity contribution < 1.29 is 13.2 Å². The van der Waals surface area contributed by atoms with Crippen LogP contribution in [0.1, 0.15) is 6.42 Å². The van der Waals surface area contributed by atoms with Crippen molar-refractivity contribution in [3.8, 4) is 0 Å². The van der Waals surface area contributed by atoms with Crippen LogP contribution in [-0.2, 0) is 14.8 Å². The van der Waals surface area contributed by atoms with Gasteiger partial charge in [-0.2, -0.15) is 11.8 Å². The summed E-state index contributed by atoms with van der Waals surface area (Å²) in [5.74, 6) is 0.378. The van der Waals surface area contributed by atoms with Crippen molar-refractivity contribution in [3.63, 3.8) is 0 Å². The molecule has 20 heavy (non-hydrogen) atoms. The van der Waals surface area contributed by atoms with Crippen LogP contribution < -0.4 is 15.8 Å². The first-order chi connectivity index (χ1) is 9.42. The van der Waals surface area contributed by atoms with Crippen LogP contribution in [0.2, 0.25) is 0 Å². The Balaban J connectivity index is 2.91. The van der Waals surface area contributed by atoms with E-state index in [-0.39, 0.29) is 10.6 Å². The van der Waals surface area contributed by atoms with Crippen LogP contribution in [-0.4, -0.2) is 39.4 Å². The molecule has 0 aliphatic heterocycles. The Hall–Kier alpha value is -1.09. The third-order valence-electron chi connectivity index (χ3n) is 2.67.